The van der Waals surface area contributed by atoms with Gasteiger partial charge in [0.2, 0.25) is 0 Å². The quantitative estimate of drug-likeness (QED) is 0.683. The van der Waals surface area contributed by atoms with Crippen LogP contribution in [0.15, 0.2) is 12.3 Å². The van der Waals surface area contributed by atoms with Gasteiger partial charge in [0.25, 0.3) is 0 Å². The molecule has 0 unspecified atom stereocenters. The number of nitrogens with two attached hydrogens (primary N) is 2. The number of anilines is 1. The molecule has 4 N–H and O–H groups in total. The maximum Gasteiger partial charge on any atom is 0.0663 e. The molecule has 3 heteroatoms. The molecule has 1 fully saturated rings. The van der Waals surface area contributed by atoms with Crippen molar-refractivity contribution in [2.45, 2.75) is 25.3 Å². The van der Waals surface area contributed by atoms with Gasteiger partial charge in [0.05, 0.1) is 11.4 Å². The molecule has 0 spiro atoms. The van der Waals surface area contributed by atoms with E-state index in [-0.39, 0.29) is 0 Å². The zero-order valence-corrected chi connectivity index (χ0v) is 6.96. The van der Waals surface area contributed by atoms with Crippen LogP contribution in [0.3, 0.4) is 0 Å². The Balaban J connectivity index is 2.32. The van der Waals surface area contributed by atoms with Gasteiger partial charge in [-0.2, -0.15) is 0 Å². The molecule has 1 aliphatic rings. The number of pyridine rings is 1. The average Bonchev–Trinajstić information content (AvgIpc) is 2.87. The van der Waals surface area contributed by atoms with Gasteiger partial charge >= 0.3 is 0 Å². The lowest BCUT2D eigenvalue weighted by molar-refractivity contribution is 0.986. The molecule has 0 aliphatic heterocycles. The Bertz CT molecular complexity index is 292. The third kappa shape index (κ3) is 1.28. The van der Waals surface area contributed by atoms with Crippen molar-refractivity contribution in [3.05, 3.63) is 23.5 Å². The molecule has 1 aromatic rings. The van der Waals surface area contributed by atoms with Gasteiger partial charge in [-0.25, -0.2) is 0 Å². The Labute approximate surface area is 71.8 Å². The minimum Gasteiger partial charge on any atom is -0.397 e. The second-order valence-electron chi connectivity index (χ2n) is 3.30. The first-order valence-electron chi connectivity index (χ1n) is 4.25. The Morgan fingerprint density at radius 2 is 2.25 bits per heavy atom. The van der Waals surface area contributed by atoms with Crippen LogP contribution in [0, 0.1) is 0 Å². The van der Waals surface area contributed by atoms with E-state index in [1.54, 1.807) is 0 Å². The lowest BCUT2D eigenvalue weighted by Crippen LogP contribution is -2.02. The van der Waals surface area contributed by atoms with Crippen molar-refractivity contribution in [3.63, 3.8) is 0 Å². The summed E-state index contributed by atoms with van der Waals surface area (Å²) in [6.07, 6.45) is 4.29. The van der Waals surface area contributed by atoms with Crippen LogP contribution in [0.5, 0.6) is 0 Å². The predicted octanol–water partition coefficient (Wildman–Crippen LogP) is 1.000. The zero-order valence-electron chi connectivity index (χ0n) is 6.96. The van der Waals surface area contributed by atoms with Crippen LogP contribution in [0.4, 0.5) is 5.69 Å². The molecule has 64 valence electrons. The van der Waals surface area contributed by atoms with E-state index in [9.17, 15) is 0 Å². The van der Waals surface area contributed by atoms with Gasteiger partial charge in [0, 0.05) is 18.7 Å². The van der Waals surface area contributed by atoms with Gasteiger partial charge in [-0.15, -0.1) is 0 Å². The largest absolute Gasteiger partial charge is 0.397 e. The van der Waals surface area contributed by atoms with E-state index in [1.807, 2.05) is 12.3 Å². The maximum absolute atomic E-state index is 5.82. The third-order valence-electron chi connectivity index (χ3n) is 2.21. The summed E-state index contributed by atoms with van der Waals surface area (Å²) in [4.78, 5) is 4.31. The summed E-state index contributed by atoms with van der Waals surface area (Å²) in [5.41, 5.74) is 14.2. The second-order valence-corrected chi connectivity index (χ2v) is 3.30. The van der Waals surface area contributed by atoms with E-state index in [0.29, 0.717) is 12.5 Å². The number of nitrogen functional groups attached to an aromatic ring is 1. The minimum atomic E-state index is 0.516. The summed E-state index contributed by atoms with van der Waals surface area (Å²) in [6, 6.07) is 1.93. The summed E-state index contributed by atoms with van der Waals surface area (Å²) in [5.74, 6) is 0.622. The molecule has 0 aromatic carbocycles. The fourth-order valence-electron chi connectivity index (χ4n) is 1.35. The fraction of sp³-hybridized carbons (Fsp3) is 0.444. The first kappa shape index (κ1) is 7.55. The van der Waals surface area contributed by atoms with Crippen molar-refractivity contribution in [3.8, 4) is 0 Å². The van der Waals surface area contributed by atoms with Crippen molar-refractivity contribution in [2.24, 2.45) is 5.73 Å². The van der Waals surface area contributed by atoms with Crippen LogP contribution >= 0.6 is 0 Å². The normalized spacial score (nSPS) is 16.4. The van der Waals surface area contributed by atoms with Crippen molar-refractivity contribution >= 4 is 5.69 Å². The van der Waals surface area contributed by atoms with Crippen LogP contribution in [0.25, 0.3) is 0 Å². The van der Waals surface area contributed by atoms with E-state index in [4.69, 9.17) is 11.5 Å². The summed E-state index contributed by atoms with van der Waals surface area (Å²) < 4.78 is 0. The number of rotatable bonds is 2. The smallest absolute Gasteiger partial charge is 0.0663 e. The van der Waals surface area contributed by atoms with E-state index in [0.717, 1.165) is 16.9 Å². The topological polar surface area (TPSA) is 64.9 Å². The number of hydrogen-bond donors (Lipinski definition) is 2. The molecule has 2 rings (SSSR count). The van der Waals surface area contributed by atoms with E-state index >= 15 is 0 Å². The highest BCUT2D eigenvalue weighted by atomic mass is 14.8. The molecule has 1 aromatic heterocycles. The first-order valence-corrected chi connectivity index (χ1v) is 4.25. The highest BCUT2D eigenvalue weighted by Gasteiger charge is 2.26. The first-order chi connectivity index (χ1) is 5.81. The van der Waals surface area contributed by atoms with Crippen molar-refractivity contribution in [2.75, 3.05) is 5.73 Å². The number of nitrogens with zero attached hydrogens (tertiary/aromatic N) is 1. The van der Waals surface area contributed by atoms with Crippen LogP contribution in [-0.4, -0.2) is 4.98 Å². The van der Waals surface area contributed by atoms with E-state index in [2.05, 4.69) is 4.98 Å². The molecule has 0 radical (unpaired) electrons. The monoisotopic (exact) mass is 163 g/mol. The van der Waals surface area contributed by atoms with Crippen molar-refractivity contribution < 1.29 is 0 Å². The van der Waals surface area contributed by atoms with Crippen molar-refractivity contribution in [1.82, 2.24) is 4.98 Å². The fourth-order valence-corrected chi connectivity index (χ4v) is 1.35. The molecule has 0 bridgehead atoms. The Morgan fingerprint density at radius 3 is 2.75 bits per heavy atom. The van der Waals surface area contributed by atoms with Crippen LogP contribution in [-0.2, 0) is 6.54 Å². The summed E-state index contributed by atoms with van der Waals surface area (Å²) in [6.45, 7) is 0.516. The Morgan fingerprint density at radius 1 is 1.50 bits per heavy atom. The van der Waals surface area contributed by atoms with E-state index in [1.165, 1.54) is 12.8 Å². The van der Waals surface area contributed by atoms with Gasteiger partial charge in [-0.3, -0.25) is 4.98 Å². The van der Waals surface area contributed by atoms with Gasteiger partial charge < -0.3 is 11.5 Å². The molecule has 1 heterocycles. The maximum atomic E-state index is 5.82. The lowest BCUT2D eigenvalue weighted by Gasteiger charge is -2.04. The summed E-state index contributed by atoms with van der Waals surface area (Å²) >= 11 is 0. The van der Waals surface area contributed by atoms with Crippen LogP contribution < -0.4 is 11.5 Å². The summed E-state index contributed by atoms with van der Waals surface area (Å²) in [5, 5.41) is 0. The number of aromatic nitrogens is 1. The Hall–Kier alpha value is -1.09. The van der Waals surface area contributed by atoms with Gasteiger partial charge in [0.15, 0.2) is 0 Å². The molecular formula is C9H13N3. The molecule has 1 saturated carbocycles. The van der Waals surface area contributed by atoms with Crippen LogP contribution in [0.1, 0.15) is 30.0 Å². The molecule has 0 atom stereocenters. The van der Waals surface area contributed by atoms with Gasteiger partial charge in [-0.1, -0.05) is 0 Å². The number of hydrogen-bond acceptors (Lipinski definition) is 3. The lowest BCUT2D eigenvalue weighted by atomic mass is 10.2. The molecule has 12 heavy (non-hydrogen) atoms. The SMILES string of the molecule is NCc1cnc(C2CC2)c(N)c1. The predicted molar refractivity (Wildman–Crippen MR) is 48.5 cm³/mol. The third-order valence-corrected chi connectivity index (χ3v) is 2.21. The highest BCUT2D eigenvalue weighted by molar-refractivity contribution is 5.47. The summed E-state index contributed by atoms with van der Waals surface area (Å²) in [7, 11) is 0. The highest BCUT2D eigenvalue weighted by Crippen LogP contribution is 2.41. The van der Waals surface area contributed by atoms with Crippen molar-refractivity contribution in [1.29, 1.82) is 0 Å². The molecule has 3 nitrogen and oxygen atoms in total. The molecule has 1 aliphatic carbocycles. The van der Waals surface area contributed by atoms with Crippen LogP contribution in [0.2, 0.25) is 0 Å². The molecular weight excluding hydrogens is 150 g/mol. The average molecular weight is 163 g/mol. The van der Waals surface area contributed by atoms with Gasteiger partial charge in [-0.05, 0) is 24.5 Å². The Kier molecular flexibility index (Phi) is 1.73. The standard InChI is InChI=1S/C9H13N3/c10-4-6-3-8(11)9(12-5-6)7-1-2-7/h3,5,7H,1-2,4,10-11H2. The van der Waals surface area contributed by atoms with E-state index < -0.39 is 0 Å². The molecule has 0 saturated heterocycles. The van der Waals surface area contributed by atoms with Gasteiger partial charge in [0.1, 0.15) is 0 Å². The second kappa shape index (κ2) is 2.75. The minimum absolute atomic E-state index is 0.516. The zero-order chi connectivity index (χ0) is 8.55. The molecule has 0 amide bonds.